The van der Waals surface area contributed by atoms with E-state index >= 15 is 0 Å². The predicted molar refractivity (Wildman–Crippen MR) is 144 cm³/mol. The number of piperidine rings is 1. The fourth-order valence-corrected chi connectivity index (χ4v) is 5.72. The minimum absolute atomic E-state index is 0.00732. The average molecular weight is 520 g/mol. The number of ketones is 1. The molecular formula is C29H49N3O5. The number of nitrogens with zero attached hydrogens (tertiary/aromatic N) is 2. The Kier molecular flexibility index (Phi) is 10.9. The number of likely N-dealkylation sites (tertiary alicyclic amines) is 1. The van der Waals surface area contributed by atoms with Gasteiger partial charge in [0, 0.05) is 24.6 Å². The molecule has 0 radical (unpaired) electrons. The molecule has 1 saturated heterocycles. The van der Waals surface area contributed by atoms with Crippen molar-refractivity contribution in [3.63, 3.8) is 0 Å². The zero-order valence-corrected chi connectivity index (χ0v) is 24.4. The Labute approximate surface area is 223 Å². The first-order chi connectivity index (χ1) is 17.2. The highest BCUT2D eigenvalue weighted by molar-refractivity contribution is 5.92. The van der Waals surface area contributed by atoms with Crippen molar-refractivity contribution in [2.75, 3.05) is 27.7 Å². The van der Waals surface area contributed by atoms with Crippen LogP contribution in [0.25, 0.3) is 0 Å². The van der Waals surface area contributed by atoms with Crippen LogP contribution in [0.15, 0.2) is 11.8 Å². The van der Waals surface area contributed by atoms with Gasteiger partial charge in [0.2, 0.25) is 11.8 Å². The minimum atomic E-state index is -0.716. The van der Waals surface area contributed by atoms with Gasteiger partial charge in [0.1, 0.15) is 11.8 Å². The molecule has 2 amide bonds. The highest BCUT2D eigenvalue weighted by Crippen LogP contribution is 2.36. The van der Waals surface area contributed by atoms with E-state index in [0.717, 1.165) is 37.9 Å². The van der Waals surface area contributed by atoms with Crippen molar-refractivity contribution in [3.8, 4) is 0 Å². The summed E-state index contributed by atoms with van der Waals surface area (Å²) in [5.41, 5.74) is 0.228. The van der Waals surface area contributed by atoms with Gasteiger partial charge in [0.25, 0.3) is 0 Å². The second-order valence-corrected chi connectivity index (χ2v) is 12.3. The van der Waals surface area contributed by atoms with Crippen LogP contribution in [0.1, 0.15) is 80.1 Å². The summed E-state index contributed by atoms with van der Waals surface area (Å²) in [7, 11) is 5.03. The highest BCUT2D eigenvalue weighted by atomic mass is 16.5. The second kappa shape index (κ2) is 13.0. The number of rotatable bonds is 9. The Hall–Kier alpha value is -2.22. The van der Waals surface area contributed by atoms with E-state index in [0.29, 0.717) is 12.8 Å². The lowest BCUT2D eigenvalue weighted by atomic mass is 9.84. The van der Waals surface area contributed by atoms with Gasteiger partial charge in [-0.2, -0.15) is 0 Å². The van der Waals surface area contributed by atoms with Crippen LogP contribution < -0.4 is 5.32 Å². The van der Waals surface area contributed by atoms with Gasteiger partial charge in [0.15, 0.2) is 0 Å². The van der Waals surface area contributed by atoms with Crippen LogP contribution in [-0.2, 0) is 23.9 Å². The molecule has 0 aromatic heterocycles. The quantitative estimate of drug-likeness (QED) is 0.466. The highest BCUT2D eigenvalue weighted by Gasteiger charge is 2.41. The van der Waals surface area contributed by atoms with Crippen molar-refractivity contribution < 1.29 is 23.9 Å². The van der Waals surface area contributed by atoms with Crippen molar-refractivity contribution in [1.29, 1.82) is 0 Å². The molecule has 2 fully saturated rings. The maximum atomic E-state index is 13.8. The Balaban J connectivity index is 2.25. The van der Waals surface area contributed by atoms with Crippen molar-refractivity contribution in [2.45, 2.75) is 92.2 Å². The molecular weight excluding hydrogens is 470 g/mol. The van der Waals surface area contributed by atoms with Gasteiger partial charge in [0.05, 0.1) is 19.1 Å². The second-order valence-electron chi connectivity index (χ2n) is 12.3. The number of allylic oxidation sites excluding steroid dienone is 2. The Morgan fingerprint density at radius 1 is 1.00 bits per heavy atom. The molecule has 210 valence electrons. The van der Waals surface area contributed by atoms with Crippen LogP contribution in [0.3, 0.4) is 0 Å². The van der Waals surface area contributed by atoms with E-state index in [1.54, 1.807) is 11.9 Å². The molecule has 0 aromatic rings. The summed E-state index contributed by atoms with van der Waals surface area (Å²) >= 11 is 0. The fraction of sp³-hybridized carbons (Fsp3) is 0.793. The molecule has 1 saturated carbocycles. The fourth-order valence-electron chi connectivity index (χ4n) is 5.72. The number of nitrogens with one attached hydrogen (secondary N) is 1. The van der Waals surface area contributed by atoms with Gasteiger partial charge in [-0.3, -0.25) is 24.1 Å². The normalized spacial score (nSPS) is 24.9. The topological polar surface area (TPSA) is 96.0 Å². The van der Waals surface area contributed by atoms with Crippen LogP contribution in [0.5, 0.6) is 0 Å². The largest absolute Gasteiger partial charge is 0.469 e. The van der Waals surface area contributed by atoms with E-state index in [1.807, 2.05) is 54.7 Å². The van der Waals surface area contributed by atoms with E-state index in [4.69, 9.17) is 4.74 Å². The summed E-state index contributed by atoms with van der Waals surface area (Å²) in [6.07, 6.45) is 6.88. The predicted octanol–water partition coefficient (Wildman–Crippen LogP) is 3.79. The first-order valence-corrected chi connectivity index (χ1v) is 13.8. The number of likely N-dealkylation sites (N-methyl/N-ethyl adjacent to an activating group) is 2. The lowest BCUT2D eigenvalue weighted by Gasteiger charge is -2.38. The molecule has 1 aliphatic carbocycles. The molecule has 8 nitrogen and oxygen atoms in total. The molecule has 0 bridgehead atoms. The van der Waals surface area contributed by atoms with Gasteiger partial charge in [-0.1, -0.05) is 60.5 Å². The SMILES string of the molecule is COC(=O)[C@@H]1CCCC1C(=O)C(C)C=C(C(C)C)N(C)C(=O)[C@@H](NC(=O)[C@H]1CCCCN1C)C(C)(C)C. The summed E-state index contributed by atoms with van der Waals surface area (Å²) in [4.78, 5) is 56.2. The number of hydrogen-bond acceptors (Lipinski definition) is 6. The minimum Gasteiger partial charge on any atom is -0.469 e. The number of ether oxygens (including phenoxy) is 1. The standard InChI is InChI=1S/C29H49N3O5/c1-18(2)23(17-19(3)24(33)20-13-12-14-21(20)28(36)37-9)32(8)27(35)25(29(4,5)6)30-26(34)22-15-10-11-16-31(22)7/h17-22,25H,10-16H2,1-9H3,(H,30,34)/t19?,20?,21-,22-,25-/m1/s1. The smallest absolute Gasteiger partial charge is 0.309 e. The number of hydrogen-bond donors (Lipinski definition) is 1. The third-order valence-electron chi connectivity index (χ3n) is 8.04. The van der Waals surface area contributed by atoms with Crippen LogP contribution in [0, 0.1) is 29.1 Å². The first kappa shape index (κ1) is 31.0. The lowest BCUT2D eigenvalue weighted by molar-refractivity contribution is -0.149. The first-order valence-electron chi connectivity index (χ1n) is 13.8. The number of Topliss-reactive ketones (excluding diaryl/α,β-unsaturated/α-hetero) is 1. The van der Waals surface area contributed by atoms with Gasteiger partial charge < -0.3 is 15.0 Å². The molecule has 0 aromatic carbocycles. The zero-order chi connectivity index (χ0) is 28.1. The summed E-state index contributed by atoms with van der Waals surface area (Å²) < 4.78 is 4.93. The lowest BCUT2D eigenvalue weighted by Crippen LogP contribution is -2.58. The third-order valence-corrected chi connectivity index (χ3v) is 8.04. The molecule has 1 N–H and O–H groups in total. The van der Waals surface area contributed by atoms with Crippen molar-refractivity contribution in [1.82, 2.24) is 15.1 Å². The van der Waals surface area contributed by atoms with E-state index < -0.39 is 23.3 Å². The van der Waals surface area contributed by atoms with Gasteiger partial charge in [-0.25, -0.2) is 0 Å². The molecule has 0 spiro atoms. The monoisotopic (exact) mass is 519 g/mol. The van der Waals surface area contributed by atoms with E-state index in [9.17, 15) is 19.2 Å². The molecule has 5 atom stereocenters. The Morgan fingerprint density at radius 2 is 1.62 bits per heavy atom. The van der Waals surface area contributed by atoms with Crippen molar-refractivity contribution >= 4 is 23.6 Å². The average Bonchev–Trinajstić information content (AvgIpc) is 3.33. The molecule has 2 rings (SSSR count). The van der Waals surface area contributed by atoms with Crippen LogP contribution in [-0.4, -0.2) is 73.2 Å². The Morgan fingerprint density at radius 3 is 2.16 bits per heavy atom. The maximum absolute atomic E-state index is 13.8. The van der Waals surface area contributed by atoms with Crippen LogP contribution in [0.2, 0.25) is 0 Å². The van der Waals surface area contributed by atoms with E-state index in [-0.39, 0.29) is 41.4 Å². The summed E-state index contributed by atoms with van der Waals surface area (Å²) in [5.74, 6) is -1.87. The molecule has 2 aliphatic rings. The summed E-state index contributed by atoms with van der Waals surface area (Å²) in [6, 6.07) is -0.948. The van der Waals surface area contributed by atoms with E-state index in [1.165, 1.54) is 7.11 Å². The number of carbonyl (C=O) groups is 4. The zero-order valence-electron chi connectivity index (χ0n) is 24.4. The number of amides is 2. The summed E-state index contributed by atoms with van der Waals surface area (Å²) in [6.45, 7) is 12.5. The molecule has 37 heavy (non-hydrogen) atoms. The van der Waals surface area contributed by atoms with Gasteiger partial charge in [-0.15, -0.1) is 0 Å². The van der Waals surface area contributed by atoms with Gasteiger partial charge >= 0.3 is 5.97 Å². The van der Waals surface area contributed by atoms with E-state index in [2.05, 4.69) is 10.2 Å². The number of esters is 1. The van der Waals surface area contributed by atoms with Crippen molar-refractivity contribution in [2.24, 2.45) is 29.1 Å². The number of methoxy groups -OCH3 is 1. The maximum Gasteiger partial charge on any atom is 0.309 e. The van der Waals surface area contributed by atoms with Gasteiger partial charge in [-0.05, 0) is 50.6 Å². The van der Waals surface area contributed by atoms with Crippen LogP contribution in [0.4, 0.5) is 0 Å². The summed E-state index contributed by atoms with van der Waals surface area (Å²) in [5, 5.41) is 3.06. The van der Waals surface area contributed by atoms with Crippen molar-refractivity contribution in [3.05, 3.63) is 11.8 Å². The molecule has 2 unspecified atom stereocenters. The molecule has 1 heterocycles. The Bertz CT molecular complexity index is 875. The van der Waals surface area contributed by atoms with Crippen LogP contribution >= 0.6 is 0 Å². The molecule has 1 aliphatic heterocycles. The molecule has 8 heteroatoms. The number of carbonyl (C=O) groups excluding carboxylic acids is 4. The third kappa shape index (κ3) is 7.65.